The van der Waals surface area contributed by atoms with Crippen molar-refractivity contribution in [1.82, 2.24) is 0 Å². The lowest BCUT2D eigenvalue weighted by Gasteiger charge is -2.12. The van der Waals surface area contributed by atoms with E-state index in [4.69, 9.17) is 29.6 Å². The van der Waals surface area contributed by atoms with E-state index in [1.54, 1.807) is 11.8 Å². The molecule has 23 heavy (non-hydrogen) atoms. The highest BCUT2D eigenvalue weighted by molar-refractivity contribution is 7.98. The van der Waals surface area contributed by atoms with Crippen LogP contribution in [0.3, 0.4) is 0 Å². The van der Waals surface area contributed by atoms with Crippen LogP contribution < -0.4 is 16.4 Å². The lowest BCUT2D eigenvalue weighted by atomic mass is 10.1. The fraction of sp³-hybridized carbons (Fsp3) is 0.125. The third-order valence-electron chi connectivity index (χ3n) is 3.00. The lowest BCUT2D eigenvalue weighted by molar-refractivity contribution is -0.117. The summed E-state index contributed by atoms with van der Waals surface area (Å²) in [6.45, 7) is 0. The minimum Gasteiger partial charge on any atom is -0.369 e. The summed E-state index contributed by atoms with van der Waals surface area (Å²) < 4.78 is 0. The van der Waals surface area contributed by atoms with Gasteiger partial charge in [-0.3, -0.25) is 4.79 Å². The van der Waals surface area contributed by atoms with Gasteiger partial charge in [-0.25, -0.2) is 0 Å². The van der Waals surface area contributed by atoms with E-state index in [0.29, 0.717) is 10.1 Å². The first-order chi connectivity index (χ1) is 11.0. The predicted molar refractivity (Wildman–Crippen MR) is 102 cm³/mol. The van der Waals surface area contributed by atoms with Gasteiger partial charge in [-0.1, -0.05) is 23.7 Å². The Morgan fingerprint density at radius 1 is 1.17 bits per heavy atom. The molecule has 0 heterocycles. The smallest absolute Gasteiger partial charge is 0.221 e. The molecule has 2 aromatic rings. The number of rotatable bonds is 5. The highest BCUT2D eigenvalue weighted by atomic mass is 35.5. The first-order valence-electron chi connectivity index (χ1n) is 6.76. The van der Waals surface area contributed by atoms with Crippen LogP contribution in [0.1, 0.15) is 5.56 Å². The molecule has 0 aromatic heterocycles. The summed E-state index contributed by atoms with van der Waals surface area (Å²) in [6.07, 6.45) is 2.20. The average molecular weight is 366 g/mol. The Balaban J connectivity index is 1.96. The largest absolute Gasteiger partial charge is 0.369 e. The Labute approximate surface area is 149 Å². The van der Waals surface area contributed by atoms with Gasteiger partial charge in [0.1, 0.15) is 0 Å². The van der Waals surface area contributed by atoms with E-state index in [-0.39, 0.29) is 12.3 Å². The predicted octanol–water partition coefficient (Wildman–Crippen LogP) is 3.90. The van der Waals surface area contributed by atoms with Gasteiger partial charge in [0.05, 0.1) is 11.4 Å². The second-order valence-corrected chi connectivity index (χ2v) is 6.43. The molecule has 0 fully saturated rings. The molecule has 1 amide bonds. The number of amides is 1. The van der Waals surface area contributed by atoms with Gasteiger partial charge < -0.3 is 16.4 Å². The number of carbonyl (C=O) groups excluding carboxylic acids is 1. The topological polar surface area (TPSA) is 67.2 Å². The van der Waals surface area contributed by atoms with Crippen molar-refractivity contribution in [3.63, 3.8) is 0 Å². The van der Waals surface area contributed by atoms with E-state index in [1.807, 2.05) is 48.7 Å². The molecule has 120 valence electrons. The molecule has 0 radical (unpaired) electrons. The molecule has 0 saturated carbocycles. The summed E-state index contributed by atoms with van der Waals surface area (Å²) in [5, 5.41) is 7.30. The van der Waals surface area contributed by atoms with Crippen molar-refractivity contribution in [3.8, 4) is 0 Å². The fourth-order valence-corrected chi connectivity index (χ4v) is 3.05. The Hall–Kier alpha value is -1.76. The summed E-state index contributed by atoms with van der Waals surface area (Å²) in [5.74, 6) is -0.353. The Bertz CT molecular complexity index is 720. The number of hydrogen-bond acceptors (Lipinski definition) is 3. The van der Waals surface area contributed by atoms with E-state index in [1.165, 1.54) is 0 Å². The van der Waals surface area contributed by atoms with E-state index >= 15 is 0 Å². The molecule has 0 aliphatic rings. The number of primary amides is 1. The zero-order valence-electron chi connectivity index (χ0n) is 12.4. The molecule has 0 atom stereocenters. The van der Waals surface area contributed by atoms with Crippen LogP contribution in [0.2, 0.25) is 5.02 Å². The number of carbonyl (C=O) groups is 1. The third kappa shape index (κ3) is 5.42. The van der Waals surface area contributed by atoms with Crippen molar-refractivity contribution in [1.29, 1.82) is 0 Å². The standard InChI is InChI=1S/C16H16ClN3OS2/c1-23-14-7-6-12(9-13(14)17)20-16(22)19-11-4-2-10(3-5-11)8-15(18)21/h2-7,9H,8H2,1H3,(H2,18,21)(H2,19,20,22). The normalized spacial score (nSPS) is 10.2. The van der Waals surface area contributed by atoms with Crippen molar-refractivity contribution in [2.24, 2.45) is 5.73 Å². The molecule has 0 bridgehead atoms. The SMILES string of the molecule is CSc1ccc(NC(=S)Nc2ccc(CC(N)=O)cc2)cc1Cl. The van der Waals surface area contributed by atoms with E-state index in [2.05, 4.69) is 10.6 Å². The molecular formula is C16H16ClN3OS2. The van der Waals surface area contributed by atoms with Gasteiger partial charge in [-0.15, -0.1) is 11.8 Å². The molecule has 4 N–H and O–H groups in total. The highest BCUT2D eigenvalue weighted by Gasteiger charge is 2.04. The van der Waals surface area contributed by atoms with Crippen molar-refractivity contribution >= 4 is 58.0 Å². The van der Waals surface area contributed by atoms with E-state index in [0.717, 1.165) is 21.8 Å². The minimum atomic E-state index is -0.353. The van der Waals surface area contributed by atoms with Crippen molar-refractivity contribution < 1.29 is 4.79 Å². The molecule has 0 aliphatic carbocycles. The second-order valence-electron chi connectivity index (χ2n) is 4.77. The van der Waals surface area contributed by atoms with Gasteiger partial charge in [0.15, 0.2) is 5.11 Å². The van der Waals surface area contributed by atoms with Gasteiger partial charge in [-0.2, -0.15) is 0 Å². The molecule has 0 saturated heterocycles. The van der Waals surface area contributed by atoms with Gasteiger partial charge >= 0.3 is 0 Å². The third-order valence-corrected chi connectivity index (χ3v) is 4.42. The number of anilines is 2. The number of hydrogen-bond donors (Lipinski definition) is 3. The van der Waals surface area contributed by atoms with Crippen molar-refractivity contribution in [2.75, 3.05) is 16.9 Å². The zero-order valence-corrected chi connectivity index (χ0v) is 14.8. The first-order valence-corrected chi connectivity index (χ1v) is 8.78. The summed E-state index contributed by atoms with van der Waals surface area (Å²) in [4.78, 5) is 11.9. The summed E-state index contributed by atoms with van der Waals surface area (Å²) in [5.41, 5.74) is 7.66. The molecule has 2 rings (SSSR count). The lowest BCUT2D eigenvalue weighted by Crippen LogP contribution is -2.19. The van der Waals surface area contributed by atoms with Crippen molar-refractivity contribution in [2.45, 2.75) is 11.3 Å². The Kier molecular flexibility index (Phi) is 6.27. The maximum Gasteiger partial charge on any atom is 0.221 e. The Morgan fingerprint density at radius 2 is 1.78 bits per heavy atom. The van der Waals surface area contributed by atoms with Crippen LogP contribution in [0.15, 0.2) is 47.4 Å². The van der Waals surface area contributed by atoms with Gasteiger partial charge in [0.25, 0.3) is 0 Å². The molecule has 0 aliphatic heterocycles. The molecule has 2 aromatic carbocycles. The van der Waals surface area contributed by atoms with Crippen LogP contribution in [0.5, 0.6) is 0 Å². The number of halogens is 1. The molecule has 4 nitrogen and oxygen atoms in total. The number of nitrogens with one attached hydrogen (secondary N) is 2. The van der Waals surface area contributed by atoms with Crippen LogP contribution in [0, 0.1) is 0 Å². The van der Waals surface area contributed by atoms with Crippen LogP contribution in [0.4, 0.5) is 11.4 Å². The quantitative estimate of drug-likeness (QED) is 0.554. The van der Waals surface area contributed by atoms with E-state index in [9.17, 15) is 4.79 Å². The van der Waals surface area contributed by atoms with Crippen LogP contribution in [0.25, 0.3) is 0 Å². The highest BCUT2D eigenvalue weighted by Crippen LogP contribution is 2.28. The van der Waals surface area contributed by atoms with Crippen LogP contribution in [-0.4, -0.2) is 17.3 Å². The van der Waals surface area contributed by atoms with Gasteiger partial charge in [0.2, 0.25) is 5.91 Å². The fourth-order valence-electron chi connectivity index (χ4n) is 1.94. The number of nitrogens with two attached hydrogens (primary N) is 1. The summed E-state index contributed by atoms with van der Waals surface area (Å²) >= 11 is 13.0. The Morgan fingerprint density at radius 3 is 2.35 bits per heavy atom. The number of thioether (sulfide) groups is 1. The number of thiocarbonyl (C=S) groups is 1. The monoisotopic (exact) mass is 365 g/mol. The average Bonchev–Trinajstić information content (AvgIpc) is 2.49. The zero-order chi connectivity index (χ0) is 16.8. The summed E-state index contributed by atoms with van der Waals surface area (Å²) in [7, 11) is 0. The minimum absolute atomic E-state index is 0.225. The molecule has 0 spiro atoms. The van der Waals surface area contributed by atoms with E-state index < -0.39 is 0 Å². The summed E-state index contributed by atoms with van der Waals surface area (Å²) in [6, 6.07) is 13.0. The first kappa shape index (κ1) is 17.6. The molecular weight excluding hydrogens is 350 g/mol. The molecule has 0 unspecified atom stereocenters. The van der Waals surface area contributed by atoms with Crippen LogP contribution in [-0.2, 0) is 11.2 Å². The van der Waals surface area contributed by atoms with Crippen LogP contribution >= 0.6 is 35.6 Å². The maximum absolute atomic E-state index is 10.9. The van der Waals surface area contributed by atoms with Crippen molar-refractivity contribution in [3.05, 3.63) is 53.1 Å². The number of benzene rings is 2. The van der Waals surface area contributed by atoms with Gasteiger partial charge in [0, 0.05) is 16.3 Å². The maximum atomic E-state index is 10.9. The second kappa shape index (κ2) is 8.19. The molecule has 7 heteroatoms. The van der Waals surface area contributed by atoms with Gasteiger partial charge in [-0.05, 0) is 54.4 Å².